The molecule has 5 nitrogen and oxygen atoms in total. The zero-order valence-electron chi connectivity index (χ0n) is 14.6. The number of nitrogen functional groups attached to an aromatic ring is 1. The fourth-order valence-electron chi connectivity index (χ4n) is 3.17. The number of hydrogen-bond donors (Lipinski definition) is 2. The fraction of sp³-hybridized carbons (Fsp3) is 0.150. The van der Waals surface area contributed by atoms with Crippen molar-refractivity contribution in [3.63, 3.8) is 0 Å². The Morgan fingerprint density at radius 1 is 1.19 bits per heavy atom. The highest BCUT2D eigenvalue weighted by Crippen LogP contribution is 2.27. The van der Waals surface area contributed by atoms with Gasteiger partial charge in [0.1, 0.15) is 5.82 Å². The Balaban J connectivity index is 1.81. The maximum absolute atomic E-state index is 6.31. The first-order valence-electron chi connectivity index (χ1n) is 8.46. The predicted octanol–water partition coefficient (Wildman–Crippen LogP) is 4.60. The second-order valence-corrected chi connectivity index (χ2v) is 7.16. The summed E-state index contributed by atoms with van der Waals surface area (Å²) < 4.78 is 0. The second-order valence-electron chi connectivity index (χ2n) is 6.34. The van der Waals surface area contributed by atoms with Gasteiger partial charge in [-0.15, -0.1) is 0 Å². The number of halogens is 2. The van der Waals surface area contributed by atoms with Gasteiger partial charge in [-0.3, -0.25) is 9.98 Å². The summed E-state index contributed by atoms with van der Waals surface area (Å²) in [7, 11) is 0. The molecule has 136 valence electrons. The molecule has 0 radical (unpaired) electrons. The lowest BCUT2D eigenvalue weighted by Crippen LogP contribution is -2.23. The van der Waals surface area contributed by atoms with Crippen LogP contribution in [-0.4, -0.2) is 21.4 Å². The Morgan fingerprint density at radius 3 is 2.70 bits per heavy atom. The van der Waals surface area contributed by atoms with Crippen molar-refractivity contribution < 1.29 is 0 Å². The average molecular weight is 398 g/mol. The van der Waals surface area contributed by atoms with Gasteiger partial charge in [-0.1, -0.05) is 29.3 Å². The molecule has 0 spiro atoms. The number of nitrogens with one attached hydrogen (secondary N) is 1. The molecule has 0 bridgehead atoms. The van der Waals surface area contributed by atoms with Crippen LogP contribution in [0.2, 0.25) is 10.0 Å². The summed E-state index contributed by atoms with van der Waals surface area (Å²) in [6, 6.07) is 11.2. The number of benzene rings is 1. The Labute approximate surface area is 167 Å². The summed E-state index contributed by atoms with van der Waals surface area (Å²) in [4.78, 5) is 17.0. The third-order valence-electron chi connectivity index (χ3n) is 4.42. The van der Waals surface area contributed by atoms with E-state index in [2.05, 4.69) is 16.0 Å². The monoisotopic (exact) mass is 397 g/mol. The summed E-state index contributed by atoms with van der Waals surface area (Å²) in [6.45, 7) is 2.94. The molecule has 0 saturated carbocycles. The summed E-state index contributed by atoms with van der Waals surface area (Å²) in [6.07, 6.45) is 1.67. The molecule has 0 amide bonds. The van der Waals surface area contributed by atoms with Crippen molar-refractivity contribution in [2.45, 2.75) is 20.0 Å². The fourth-order valence-corrected chi connectivity index (χ4v) is 3.68. The van der Waals surface area contributed by atoms with Gasteiger partial charge in [0.25, 0.3) is 0 Å². The van der Waals surface area contributed by atoms with Crippen molar-refractivity contribution in [1.29, 1.82) is 0 Å². The van der Waals surface area contributed by atoms with Crippen LogP contribution in [0, 0.1) is 6.92 Å². The first kappa shape index (κ1) is 17.8. The van der Waals surface area contributed by atoms with Gasteiger partial charge in [0.2, 0.25) is 0 Å². The van der Waals surface area contributed by atoms with E-state index in [4.69, 9.17) is 38.9 Å². The maximum atomic E-state index is 6.31. The molecule has 3 heterocycles. The van der Waals surface area contributed by atoms with Crippen molar-refractivity contribution in [2.75, 3.05) is 5.73 Å². The van der Waals surface area contributed by atoms with Gasteiger partial charge in [-0.2, -0.15) is 0 Å². The topological polar surface area (TPSA) is 79.4 Å². The van der Waals surface area contributed by atoms with E-state index >= 15 is 0 Å². The van der Waals surface area contributed by atoms with Gasteiger partial charge in [-0.05, 0) is 37.3 Å². The molecule has 0 fully saturated rings. The smallest absolute Gasteiger partial charge is 0.123 e. The van der Waals surface area contributed by atoms with E-state index in [1.807, 2.05) is 31.2 Å². The molecule has 1 aliphatic heterocycles. The lowest BCUT2D eigenvalue weighted by atomic mass is 9.97. The number of H-pyrrole nitrogens is 1. The number of aromatic amines is 1. The Bertz CT molecular complexity index is 1060. The molecule has 2 aromatic heterocycles. The molecule has 7 heteroatoms. The number of nitrogens with zero attached hydrogens (tertiary/aromatic N) is 3. The maximum Gasteiger partial charge on any atom is 0.123 e. The van der Waals surface area contributed by atoms with Crippen LogP contribution in [0.4, 0.5) is 5.82 Å². The third-order valence-corrected chi connectivity index (χ3v) is 5.13. The Hall–Kier alpha value is -2.63. The van der Waals surface area contributed by atoms with E-state index in [-0.39, 0.29) is 0 Å². The lowest BCUT2D eigenvalue weighted by Gasteiger charge is -2.17. The third kappa shape index (κ3) is 3.48. The molecule has 4 rings (SSSR count). The molecule has 3 N–H and O–H groups in total. The number of hydrogen-bond acceptors (Lipinski definition) is 4. The number of anilines is 1. The van der Waals surface area contributed by atoms with Gasteiger partial charge < -0.3 is 10.7 Å². The van der Waals surface area contributed by atoms with Crippen LogP contribution in [0.15, 0.2) is 52.6 Å². The average Bonchev–Trinajstić information content (AvgIpc) is 3.01. The second kappa shape index (κ2) is 7.18. The highest BCUT2D eigenvalue weighted by molar-refractivity contribution is 6.54. The molecule has 0 unspecified atom stereocenters. The lowest BCUT2D eigenvalue weighted by molar-refractivity contribution is 0.982. The summed E-state index contributed by atoms with van der Waals surface area (Å²) in [5.74, 6) is 0.444. The molecule has 0 saturated heterocycles. The highest BCUT2D eigenvalue weighted by atomic mass is 35.5. The SMILES string of the molecule is Cc1cc2c([nH]1)CN=C(c1ccnc(N)c1)C2=NCc1c(Cl)cccc1Cl. The largest absolute Gasteiger partial charge is 0.384 e. The minimum atomic E-state index is 0.358. The molecule has 1 aromatic carbocycles. The molecular weight excluding hydrogens is 381 g/mol. The molecule has 27 heavy (non-hydrogen) atoms. The molecule has 1 aliphatic rings. The molecule has 3 aromatic rings. The standard InChI is InChI=1S/C20H17Cl2N5/c1-11-7-13-17(27-11)10-26-19(12-5-6-24-18(23)8-12)20(13)25-9-14-15(21)3-2-4-16(14)22/h2-8,27H,9-10H2,1H3,(H2,23,24). The van der Waals surface area contributed by atoms with Gasteiger partial charge in [0, 0.05) is 44.3 Å². The van der Waals surface area contributed by atoms with E-state index < -0.39 is 0 Å². The first-order chi connectivity index (χ1) is 13.0. The number of fused-ring (bicyclic) bond motifs is 1. The molecule has 0 aliphatic carbocycles. The van der Waals surface area contributed by atoms with Gasteiger partial charge in [0.05, 0.1) is 24.5 Å². The predicted molar refractivity (Wildman–Crippen MR) is 111 cm³/mol. The normalized spacial score (nSPS) is 14.9. The van der Waals surface area contributed by atoms with Gasteiger partial charge >= 0.3 is 0 Å². The zero-order chi connectivity index (χ0) is 19.0. The number of nitrogens with two attached hydrogens (primary N) is 1. The van der Waals surface area contributed by atoms with E-state index in [1.54, 1.807) is 12.3 Å². The van der Waals surface area contributed by atoms with Crippen molar-refractivity contribution in [3.05, 3.63) is 80.7 Å². The van der Waals surface area contributed by atoms with Crippen LogP contribution < -0.4 is 5.73 Å². The minimum Gasteiger partial charge on any atom is -0.384 e. The van der Waals surface area contributed by atoms with Crippen LogP contribution in [0.5, 0.6) is 0 Å². The first-order valence-corrected chi connectivity index (χ1v) is 9.21. The highest BCUT2D eigenvalue weighted by Gasteiger charge is 2.23. The van der Waals surface area contributed by atoms with Crippen LogP contribution >= 0.6 is 23.2 Å². The zero-order valence-corrected chi connectivity index (χ0v) is 16.1. The number of aliphatic imine (C=N–C) groups is 2. The number of pyridine rings is 1. The van der Waals surface area contributed by atoms with Crippen molar-refractivity contribution in [2.24, 2.45) is 9.98 Å². The Kier molecular flexibility index (Phi) is 4.72. The van der Waals surface area contributed by atoms with Crippen LogP contribution in [0.25, 0.3) is 0 Å². The van der Waals surface area contributed by atoms with Crippen molar-refractivity contribution in [1.82, 2.24) is 9.97 Å². The molecular formula is C20H17Cl2N5. The number of rotatable bonds is 3. The van der Waals surface area contributed by atoms with Crippen LogP contribution in [-0.2, 0) is 13.1 Å². The summed E-state index contributed by atoms with van der Waals surface area (Å²) in [5.41, 5.74) is 12.3. The van der Waals surface area contributed by atoms with Gasteiger partial charge in [0.15, 0.2) is 0 Å². The van der Waals surface area contributed by atoms with Crippen LogP contribution in [0.3, 0.4) is 0 Å². The quantitative estimate of drug-likeness (QED) is 0.676. The summed E-state index contributed by atoms with van der Waals surface area (Å²) in [5, 5.41) is 1.19. The van der Waals surface area contributed by atoms with E-state index in [0.29, 0.717) is 29.0 Å². The molecule has 0 atom stereocenters. The van der Waals surface area contributed by atoms with E-state index in [9.17, 15) is 0 Å². The minimum absolute atomic E-state index is 0.358. The van der Waals surface area contributed by atoms with Crippen molar-refractivity contribution >= 4 is 40.4 Å². The number of aromatic nitrogens is 2. The summed E-state index contributed by atoms with van der Waals surface area (Å²) >= 11 is 12.6. The van der Waals surface area contributed by atoms with Crippen LogP contribution in [0.1, 0.15) is 28.1 Å². The van der Waals surface area contributed by atoms with Gasteiger partial charge in [-0.25, -0.2) is 4.98 Å². The van der Waals surface area contributed by atoms with E-state index in [1.165, 1.54) is 0 Å². The number of aryl methyl sites for hydroxylation is 1. The Morgan fingerprint density at radius 2 is 1.96 bits per heavy atom. The van der Waals surface area contributed by atoms with Crippen molar-refractivity contribution in [3.8, 4) is 0 Å². The van der Waals surface area contributed by atoms with E-state index in [0.717, 1.165) is 39.5 Å².